The first-order valence-corrected chi connectivity index (χ1v) is 5.12. The monoisotopic (exact) mass is 255 g/mol. The quantitative estimate of drug-likeness (QED) is 0.824. The molecule has 2 N–H and O–H groups in total. The topological polar surface area (TPSA) is 35.2 Å². The van der Waals surface area contributed by atoms with E-state index >= 15 is 0 Å². The average molecular weight is 256 g/mol. The molecule has 2 nitrogen and oxygen atoms in total. The number of nitrogen functional groups attached to an aromatic ring is 1. The van der Waals surface area contributed by atoms with Gasteiger partial charge in [-0.25, -0.2) is 8.78 Å². The Morgan fingerprint density at radius 1 is 1.06 bits per heavy atom. The van der Waals surface area contributed by atoms with E-state index in [1.807, 2.05) is 0 Å². The molecule has 0 saturated heterocycles. The molecule has 2 aromatic carbocycles. The zero-order chi connectivity index (χ0) is 12.4. The van der Waals surface area contributed by atoms with Crippen molar-refractivity contribution in [2.45, 2.75) is 0 Å². The van der Waals surface area contributed by atoms with Gasteiger partial charge in [-0.05, 0) is 12.1 Å². The van der Waals surface area contributed by atoms with Crippen molar-refractivity contribution in [1.82, 2.24) is 0 Å². The van der Waals surface area contributed by atoms with E-state index in [1.165, 1.54) is 6.07 Å². The van der Waals surface area contributed by atoms with Gasteiger partial charge >= 0.3 is 0 Å². The van der Waals surface area contributed by atoms with Crippen LogP contribution in [0.2, 0.25) is 5.02 Å². The summed E-state index contributed by atoms with van der Waals surface area (Å²) in [5, 5.41) is 0.267. The fraction of sp³-hybridized carbons (Fsp3) is 0. The molecule has 88 valence electrons. The normalized spacial score (nSPS) is 10.3. The highest BCUT2D eigenvalue weighted by Crippen LogP contribution is 2.33. The summed E-state index contributed by atoms with van der Waals surface area (Å²) in [4.78, 5) is 0. The summed E-state index contributed by atoms with van der Waals surface area (Å²) in [6.45, 7) is 0. The summed E-state index contributed by atoms with van der Waals surface area (Å²) in [6.07, 6.45) is 0. The molecule has 0 bridgehead atoms. The third-order valence-corrected chi connectivity index (χ3v) is 2.38. The predicted octanol–water partition coefficient (Wildman–Crippen LogP) is 3.99. The van der Waals surface area contributed by atoms with E-state index in [2.05, 4.69) is 0 Å². The van der Waals surface area contributed by atoms with Crippen LogP contribution >= 0.6 is 11.6 Å². The van der Waals surface area contributed by atoms with Crippen LogP contribution in [0.5, 0.6) is 11.5 Å². The molecule has 0 aromatic heterocycles. The Labute approximate surface area is 102 Å². The van der Waals surface area contributed by atoms with Crippen LogP contribution in [0.1, 0.15) is 0 Å². The van der Waals surface area contributed by atoms with Gasteiger partial charge in [-0.1, -0.05) is 23.7 Å². The van der Waals surface area contributed by atoms with E-state index in [9.17, 15) is 8.78 Å². The van der Waals surface area contributed by atoms with Crippen molar-refractivity contribution in [2.75, 3.05) is 5.73 Å². The summed E-state index contributed by atoms with van der Waals surface area (Å²) in [6, 6.07) is 8.37. The van der Waals surface area contributed by atoms with Gasteiger partial charge in [0.15, 0.2) is 17.4 Å². The largest absolute Gasteiger partial charge is 0.450 e. The van der Waals surface area contributed by atoms with Crippen molar-refractivity contribution in [2.24, 2.45) is 0 Å². The second-order valence-corrected chi connectivity index (χ2v) is 3.75. The van der Waals surface area contributed by atoms with Crippen LogP contribution in [0.3, 0.4) is 0 Å². The summed E-state index contributed by atoms with van der Waals surface area (Å²) < 4.78 is 32.0. The van der Waals surface area contributed by atoms with Crippen LogP contribution in [0.25, 0.3) is 0 Å². The summed E-state index contributed by atoms with van der Waals surface area (Å²) in [5.74, 6) is -2.09. The van der Waals surface area contributed by atoms with Gasteiger partial charge in [0, 0.05) is 17.8 Å². The molecule has 0 aliphatic heterocycles. The van der Waals surface area contributed by atoms with Gasteiger partial charge in [0.1, 0.15) is 5.75 Å². The summed E-state index contributed by atoms with van der Waals surface area (Å²) >= 11 is 5.82. The molecule has 0 atom stereocenters. The van der Waals surface area contributed by atoms with E-state index in [4.69, 9.17) is 22.1 Å². The van der Waals surface area contributed by atoms with Gasteiger partial charge in [0.2, 0.25) is 0 Å². The maximum absolute atomic E-state index is 13.4. The average Bonchev–Trinajstić information content (AvgIpc) is 2.25. The number of para-hydroxylation sites is 1. The summed E-state index contributed by atoms with van der Waals surface area (Å²) in [5.41, 5.74) is 5.28. The SMILES string of the molecule is Nc1cc(F)c(Oc2ccccc2Cl)c(F)c1. The van der Waals surface area contributed by atoms with Crippen molar-refractivity contribution in [3.63, 3.8) is 0 Å². The number of hydrogen-bond acceptors (Lipinski definition) is 2. The number of rotatable bonds is 2. The Hall–Kier alpha value is -1.81. The van der Waals surface area contributed by atoms with Crippen molar-refractivity contribution in [3.8, 4) is 11.5 Å². The highest BCUT2D eigenvalue weighted by Gasteiger charge is 2.13. The zero-order valence-electron chi connectivity index (χ0n) is 8.58. The Balaban J connectivity index is 2.40. The van der Waals surface area contributed by atoms with Crippen molar-refractivity contribution in [1.29, 1.82) is 0 Å². The Morgan fingerprint density at radius 3 is 2.24 bits per heavy atom. The number of hydrogen-bond donors (Lipinski definition) is 1. The highest BCUT2D eigenvalue weighted by molar-refractivity contribution is 6.32. The van der Waals surface area contributed by atoms with E-state index in [1.54, 1.807) is 18.2 Å². The van der Waals surface area contributed by atoms with Crippen LogP contribution in [-0.2, 0) is 0 Å². The number of benzene rings is 2. The van der Waals surface area contributed by atoms with E-state index in [-0.39, 0.29) is 16.5 Å². The predicted molar refractivity (Wildman–Crippen MR) is 62.3 cm³/mol. The molecule has 0 spiro atoms. The van der Waals surface area contributed by atoms with Gasteiger partial charge in [-0.2, -0.15) is 0 Å². The molecule has 0 fully saturated rings. The fourth-order valence-electron chi connectivity index (χ4n) is 1.31. The third kappa shape index (κ3) is 2.47. The van der Waals surface area contributed by atoms with Crippen LogP contribution in [0, 0.1) is 11.6 Å². The molecule has 0 aliphatic rings. The molecule has 5 heteroatoms. The van der Waals surface area contributed by atoms with Gasteiger partial charge < -0.3 is 10.5 Å². The van der Waals surface area contributed by atoms with Crippen LogP contribution in [0.15, 0.2) is 36.4 Å². The standard InChI is InChI=1S/C12H8ClF2NO/c13-8-3-1-2-4-11(8)17-12-9(14)5-7(16)6-10(12)15/h1-6H,16H2. The van der Waals surface area contributed by atoms with E-state index in [0.717, 1.165) is 12.1 Å². The molecule has 0 radical (unpaired) electrons. The second kappa shape index (κ2) is 4.59. The van der Waals surface area contributed by atoms with Gasteiger partial charge in [-0.15, -0.1) is 0 Å². The fourth-order valence-corrected chi connectivity index (χ4v) is 1.49. The first kappa shape index (κ1) is 11.7. The van der Waals surface area contributed by atoms with E-state index < -0.39 is 17.4 Å². The maximum Gasteiger partial charge on any atom is 0.198 e. The number of anilines is 1. The Bertz CT molecular complexity index is 537. The lowest BCUT2D eigenvalue weighted by atomic mass is 10.2. The van der Waals surface area contributed by atoms with Crippen molar-refractivity contribution >= 4 is 17.3 Å². The van der Waals surface area contributed by atoms with Crippen molar-refractivity contribution < 1.29 is 13.5 Å². The minimum Gasteiger partial charge on any atom is -0.450 e. The lowest BCUT2D eigenvalue weighted by Crippen LogP contribution is -1.96. The molecule has 0 heterocycles. The van der Waals surface area contributed by atoms with Gasteiger partial charge in [0.05, 0.1) is 5.02 Å². The molecule has 2 rings (SSSR count). The van der Waals surface area contributed by atoms with Crippen LogP contribution < -0.4 is 10.5 Å². The maximum atomic E-state index is 13.4. The summed E-state index contributed by atoms with van der Waals surface area (Å²) in [7, 11) is 0. The van der Waals surface area contributed by atoms with Crippen molar-refractivity contribution in [3.05, 3.63) is 53.1 Å². The second-order valence-electron chi connectivity index (χ2n) is 3.35. The van der Waals surface area contributed by atoms with Crippen LogP contribution in [-0.4, -0.2) is 0 Å². The van der Waals surface area contributed by atoms with Crippen LogP contribution in [0.4, 0.5) is 14.5 Å². The molecular formula is C12H8ClF2NO. The molecule has 0 amide bonds. The lowest BCUT2D eigenvalue weighted by molar-refractivity contribution is 0.408. The molecular weight excluding hydrogens is 248 g/mol. The minimum absolute atomic E-state index is 0.00786. The first-order chi connectivity index (χ1) is 8.08. The number of halogens is 3. The smallest absolute Gasteiger partial charge is 0.198 e. The number of nitrogens with two attached hydrogens (primary N) is 1. The minimum atomic E-state index is -0.873. The molecule has 0 saturated carbocycles. The lowest BCUT2D eigenvalue weighted by Gasteiger charge is -2.09. The molecule has 0 aliphatic carbocycles. The van der Waals surface area contributed by atoms with Gasteiger partial charge in [-0.3, -0.25) is 0 Å². The number of ether oxygens (including phenoxy) is 1. The molecule has 17 heavy (non-hydrogen) atoms. The highest BCUT2D eigenvalue weighted by atomic mass is 35.5. The Morgan fingerprint density at radius 2 is 1.65 bits per heavy atom. The first-order valence-electron chi connectivity index (χ1n) is 4.75. The Kier molecular flexibility index (Phi) is 3.15. The molecule has 0 unspecified atom stereocenters. The van der Waals surface area contributed by atoms with Gasteiger partial charge in [0.25, 0.3) is 0 Å². The third-order valence-electron chi connectivity index (χ3n) is 2.07. The molecule has 2 aromatic rings. The zero-order valence-corrected chi connectivity index (χ0v) is 9.34. The van der Waals surface area contributed by atoms with E-state index in [0.29, 0.717) is 0 Å².